The fourth-order valence-electron chi connectivity index (χ4n) is 0.954. The Hall–Kier alpha value is -1.91. The third-order valence-electron chi connectivity index (χ3n) is 1.49. The fourth-order valence-corrected chi connectivity index (χ4v) is 0.954. The van der Waals surface area contributed by atoms with E-state index < -0.39 is 0 Å². The third-order valence-corrected chi connectivity index (χ3v) is 1.49. The van der Waals surface area contributed by atoms with Gasteiger partial charge in [0.2, 0.25) is 5.95 Å². The molecule has 3 N–H and O–H groups in total. The Morgan fingerprint density at radius 3 is 2.92 bits per heavy atom. The lowest BCUT2D eigenvalue weighted by Gasteiger charge is -1.98. The molecular formula is C7H6N4O. The van der Waals surface area contributed by atoms with Gasteiger partial charge in [-0.2, -0.15) is 0 Å². The maximum Gasteiger partial charge on any atom is 0.220 e. The van der Waals surface area contributed by atoms with Crippen LogP contribution in [0.15, 0.2) is 18.6 Å². The molecule has 0 amide bonds. The van der Waals surface area contributed by atoms with Gasteiger partial charge in [0.25, 0.3) is 0 Å². The van der Waals surface area contributed by atoms with Crippen molar-refractivity contribution in [1.29, 1.82) is 0 Å². The van der Waals surface area contributed by atoms with Gasteiger partial charge in [0, 0.05) is 17.8 Å². The van der Waals surface area contributed by atoms with E-state index in [4.69, 9.17) is 5.73 Å². The molecule has 2 rings (SSSR count). The van der Waals surface area contributed by atoms with Crippen LogP contribution in [0.2, 0.25) is 0 Å². The van der Waals surface area contributed by atoms with Gasteiger partial charge in [0.15, 0.2) is 5.75 Å². The van der Waals surface area contributed by atoms with Crippen molar-refractivity contribution in [3.8, 4) is 5.75 Å². The fraction of sp³-hybridized carbons (Fsp3) is 0. The summed E-state index contributed by atoms with van der Waals surface area (Å²) in [5.74, 6) is 0.158. The molecule has 0 aliphatic carbocycles. The van der Waals surface area contributed by atoms with Crippen LogP contribution in [-0.4, -0.2) is 20.1 Å². The van der Waals surface area contributed by atoms with Crippen molar-refractivity contribution in [2.75, 3.05) is 5.73 Å². The molecule has 0 aliphatic heterocycles. The lowest BCUT2D eigenvalue weighted by molar-refractivity contribution is 0.478. The van der Waals surface area contributed by atoms with E-state index in [1.54, 1.807) is 6.20 Å². The van der Waals surface area contributed by atoms with Gasteiger partial charge in [-0.15, -0.1) is 0 Å². The molecule has 0 saturated carbocycles. The number of pyridine rings is 1. The van der Waals surface area contributed by atoms with Crippen LogP contribution in [0.25, 0.3) is 10.9 Å². The zero-order valence-corrected chi connectivity index (χ0v) is 6.10. The Balaban J connectivity index is 2.88. The molecule has 5 nitrogen and oxygen atoms in total. The maximum absolute atomic E-state index is 9.29. The van der Waals surface area contributed by atoms with E-state index in [9.17, 15) is 5.11 Å². The number of hydrogen-bond acceptors (Lipinski definition) is 5. The van der Waals surface area contributed by atoms with Crippen LogP contribution < -0.4 is 5.73 Å². The summed E-state index contributed by atoms with van der Waals surface area (Å²) in [5.41, 5.74) is 5.77. The van der Waals surface area contributed by atoms with Gasteiger partial charge in [0.1, 0.15) is 5.52 Å². The highest BCUT2D eigenvalue weighted by molar-refractivity contribution is 5.82. The predicted octanol–water partition coefficient (Wildman–Crippen LogP) is 0.313. The van der Waals surface area contributed by atoms with Crippen LogP contribution in [0.5, 0.6) is 5.75 Å². The van der Waals surface area contributed by atoms with Gasteiger partial charge >= 0.3 is 0 Å². The molecule has 2 heterocycles. The van der Waals surface area contributed by atoms with Gasteiger partial charge in [-0.3, -0.25) is 4.98 Å². The van der Waals surface area contributed by atoms with Gasteiger partial charge in [-0.05, 0) is 0 Å². The topological polar surface area (TPSA) is 84.9 Å². The number of nitrogens with zero attached hydrogens (tertiary/aromatic N) is 3. The Morgan fingerprint density at radius 1 is 1.25 bits per heavy atom. The van der Waals surface area contributed by atoms with E-state index >= 15 is 0 Å². The summed E-state index contributed by atoms with van der Waals surface area (Å²) in [4.78, 5) is 11.4. The van der Waals surface area contributed by atoms with Crippen LogP contribution in [0.4, 0.5) is 5.95 Å². The van der Waals surface area contributed by atoms with Crippen molar-refractivity contribution < 1.29 is 5.11 Å². The minimum atomic E-state index is 0.0154. The molecule has 2 aromatic rings. The zero-order chi connectivity index (χ0) is 8.55. The Labute approximate surface area is 67.9 Å². The first kappa shape index (κ1) is 6.78. The number of aromatic hydroxyl groups is 1. The third kappa shape index (κ3) is 0.914. The van der Waals surface area contributed by atoms with Crippen LogP contribution >= 0.6 is 0 Å². The molecular weight excluding hydrogens is 156 g/mol. The Bertz CT molecular complexity index is 429. The van der Waals surface area contributed by atoms with E-state index in [1.807, 2.05) is 0 Å². The maximum atomic E-state index is 9.29. The summed E-state index contributed by atoms with van der Waals surface area (Å²) in [6.07, 6.45) is 4.40. The van der Waals surface area contributed by atoms with Gasteiger partial charge in [-0.1, -0.05) is 0 Å². The molecule has 0 unspecified atom stereocenters. The monoisotopic (exact) mass is 162 g/mol. The molecule has 0 saturated heterocycles. The summed E-state index contributed by atoms with van der Waals surface area (Å²) in [5, 5.41) is 9.96. The standard InChI is InChI=1S/C7H6N4O/c8-7-10-2-4-1-9-3-5(12)6(4)11-7/h1-3,12H,(H2,8,10,11). The molecule has 0 aromatic carbocycles. The highest BCUT2D eigenvalue weighted by Gasteiger charge is 2.01. The van der Waals surface area contributed by atoms with Crippen molar-refractivity contribution in [3.05, 3.63) is 18.6 Å². The predicted molar refractivity (Wildman–Crippen MR) is 43.4 cm³/mol. The summed E-state index contributed by atoms with van der Waals surface area (Å²) < 4.78 is 0. The summed E-state index contributed by atoms with van der Waals surface area (Å²) in [6, 6.07) is 0. The molecule has 0 fully saturated rings. The zero-order valence-electron chi connectivity index (χ0n) is 6.10. The van der Waals surface area contributed by atoms with Crippen molar-refractivity contribution in [2.45, 2.75) is 0 Å². The average Bonchev–Trinajstić information content (AvgIpc) is 2.07. The van der Waals surface area contributed by atoms with Crippen LogP contribution in [0.3, 0.4) is 0 Å². The van der Waals surface area contributed by atoms with E-state index in [0.717, 1.165) is 0 Å². The number of fused-ring (bicyclic) bond motifs is 1. The minimum absolute atomic E-state index is 0.0154. The molecule has 60 valence electrons. The lowest BCUT2D eigenvalue weighted by Crippen LogP contribution is -1.94. The van der Waals surface area contributed by atoms with Gasteiger partial charge in [-0.25, -0.2) is 9.97 Å². The number of nitrogen functional groups attached to an aromatic ring is 1. The van der Waals surface area contributed by atoms with Crippen molar-refractivity contribution >= 4 is 16.9 Å². The molecule has 0 bridgehead atoms. The largest absolute Gasteiger partial charge is 0.504 e. The van der Waals surface area contributed by atoms with E-state index in [-0.39, 0.29) is 11.7 Å². The quantitative estimate of drug-likeness (QED) is 0.582. The summed E-state index contributed by atoms with van der Waals surface area (Å²) >= 11 is 0. The van der Waals surface area contributed by atoms with E-state index in [2.05, 4.69) is 15.0 Å². The van der Waals surface area contributed by atoms with Crippen LogP contribution in [0.1, 0.15) is 0 Å². The Morgan fingerprint density at radius 2 is 2.08 bits per heavy atom. The van der Waals surface area contributed by atoms with Crippen molar-refractivity contribution in [1.82, 2.24) is 15.0 Å². The lowest BCUT2D eigenvalue weighted by atomic mass is 10.3. The number of rotatable bonds is 0. The molecule has 2 aromatic heterocycles. The summed E-state index contributed by atoms with van der Waals surface area (Å²) in [7, 11) is 0. The molecule has 0 spiro atoms. The SMILES string of the molecule is Nc1ncc2cncc(O)c2n1. The van der Waals surface area contributed by atoms with E-state index in [1.165, 1.54) is 12.4 Å². The second kappa shape index (κ2) is 2.30. The van der Waals surface area contributed by atoms with Crippen LogP contribution in [0, 0.1) is 0 Å². The highest BCUT2D eigenvalue weighted by atomic mass is 16.3. The van der Waals surface area contributed by atoms with Crippen molar-refractivity contribution in [3.63, 3.8) is 0 Å². The first-order valence-electron chi connectivity index (χ1n) is 3.32. The van der Waals surface area contributed by atoms with Gasteiger partial charge in [0.05, 0.1) is 6.20 Å². The molecule has 12 heavy (non-hydrogen) atoms. The first-order chi connectivity index (χ1) is 5.77. The smallest absolute Gasteiger partial charge is 0.220 e. The second-order valence-electron chi connectivity index (χ2n) is 2.32. The van der Waals surface area contributed by atoms with Gasteiger partial charge < -0.3 is 10.8 Å². The molecule has 0 atom stereocenters. The average molecular weight is 162 g/mol. The normalized spacial score (nSPS) is 10.3. The molecule has 0 radical (unpaired) electrons. The van der Waals surface area contributed by atoms with Crippen molar-refractivity contribution in [2.24, 2.45) is 0 Å². The molecule has 0 aliphatic rings. The second-order valence-corrected chi connectivity index (χ2v) is 2.32. The number of aromatic nitrogens is 3. The van der Waals surface area contributed by atoms with Crippen LogP contribution in [-0.2, 0) is 0 Å². The number of hydrogen-bond donors (Lipinski definition) is 2. The Kier molecular flexibility index (Phi) is 1.30. The molecule has 5 heteroatoms. The van der Waals surface area contributed by atoms with E-state index in [0.29, 0.717) is 10.9 Å². The number of anilines is 1. The highest BCUT2D eigenvalue weighted by Crippen LogP contribution is 2.19. The first-order valence-corrected chi connectivity index (χ1v) is 3.32. The number of nitrogens with two attached hydrogens (primary N) is 1. The minimum Gasteiger partial charge on any atom is -0.504 e. The summed E-state index contributed by atoms with van der Waals surface area (Å²) in [6.45, 7) is 0.